The zero-order valence-electron chi connectivity index (χ0n) is 16.7. The topological polar surface area (TPSA) is 133 Å². The minimum Gasteiger partial charge on any atom is -0.475 e. The van der Waals surface area contributed by atoms with Crippen LogP contribution in [-0.4, -0.2) is 72.5 Å². The van der Waals surface area contributed by atoms with Gasteiger partial charge < -0.3 is 15.5 Å². The highest BCUT2D eigenvalue weighted by Crippen LogP contribution is 2.46. The second-order valence-corrected chi connectivity index (χ2v) is 7.40. The van der Waals surface area contributed by atoms with Crippen LogP contribution in [0.15, 0.2) is 18.3 Å². The number of halogens is 3. The monoisotopic (exact) mass is 442 g/mol. The van der Waals surface area contributed by atoms with Crippen molar-refractivity contribution in [2.75, 3.05) is 13.1 Å². The molecule has 1 saturated carbocycles. The van der Waals surface area contributed by atoms with E-state index in [1.807, 2.05) is 32.3 Å². The molecule has 1 aliphatic heterocycles. The van der Waals surface area contributed by atoms with Crippen LogP contribution in [0, 0.1) is 18.8 Å². The molecule has 2 aromatic heterocycles. The van der Waals surface area contributed by atoms with Crippen molar-refractivity contribution in [1.82, 2.24) is 30.2 Å². The smallest absolute Gasteiger partial charge is 0.475 e. The van der Waals surface area contributed by atoms with Crippen LogP contribution in [0.2, 0.25) is 0 Å². The Balaban J connectivity index is 0.000000339. The minimum absolute atomic E-state index is 0.116. The molecule has 13 heteroatoms. The quantitative estimate of drug-likeness (QED) is 0.649. The third-order valence-electron chi connectivity index (χ3n) is 5.24. The van der Waals surface area contributed by atoms with Crippen molar-refractivity contribution in [1.29, 1.82) is 0 Å². The maximum Gasteiger partial charge on any atom is 0.490 e. The number of alkyl halides is 3. The van der Waals surface area contributed by atoms with Gasteiger partial charge in [0, 0.05) is 37.9 Å². The van der Waals surface area contributed by atoms with Gasteiger partial charge in [0.25, 0.3) is 0 Å². The largest absolute Gasteiger partial charge is 0.490 e. The van der Waals surface area contributed by atoms with E-state index in [0.29, 0.717) is 17.5 Å². The Kier molecular flexibility index (Phi) is 6.15. The van der Waals surface area contributed by atoms with E-state index in [1.54, 1.807) is 4.68 Å². The van der Waals surface area contributed by atoms with Crippen LogP contribution in [0.5, 0.6) is 0 Å². The summed E-state index contributed by atoms with van der Waals surface area (Å²) in [6.07, 6.45) is -4.07. The van der Waals surface area contributed by atoms with E-state index in [-0.39, 0.29) is 12.6 Å². The van der Waals surface area contributed by atoms with Gasteiger partial charge in [-0.05, 0) is 30.9 Å². The van der Waals surface area contributed by atoms with Crippen LogP contribution in [0.3, 0.4) is 0 Å². The second-order valence-electron chi connectivity index (χ2n) is 7.40. The summed E-state index contributed by atoms with van der Waals surface area (Å²) in [5, 5.41) is 32.7. The number of piperidine rings is 1. The highest BCUT2D eigenvalue weighted by molar-refractivity contribution is 5.73. The molecule has 0 aromatic carbocycles. The Labute approximate surface area is 174 Å². The molecule has 1 amide bonds. The molecule has 10 nitrogen and oxygen atoms in total. The lowest BCUT2D eigenvalue weighted by Crippen LogP contribution is -2.36. The molecule has 2 aliphatic rings. The van der Waals surface area contributed by atoms with Crippen molar-refractivity contribution in [3.8, 4) is 11.3 Å². The Morgan fingerprint density at radius 2 is 1.84 bits per heavy atom. The van der Waals surface area contributed by atoms with E-state index in [1.165, 1.54) is 4.90 Å². The Hall–Kier alpha value is -3.22. The first-order valence-corrected chi connectivity index (χ1v) is 9.32. The first-order valence-electron chi connectivity index (χ1n) is 9.32. The lowest BCUT2D eigenvalue weighted by Gasteiger charge is -2.21. The Bertz CT molecular complexity index is 952. The number of hydrogen-bond acceptors (Lipinski definition) is 6. The summed E-state index contributed by atoms with van der Waals surface area (Å²) < 4.78 is 33.5. The predicted octanol–water partition coefficient (Wildman–Crippen LogP) is 1.52. The van der Waals surface area contributed by atoms with Gasteiger partial charge in [0.2, 0.25) is 0 Å². The number of carboxylic acid groups (broad SMARTS) is 2. The van der Waals surface area contributed by atoms with Crippen molar-refractivity contribution in [3.63, 3.8) is 0 Å². The van der Waals surface area contributed by atoms with Crippen molar-refractivity contribution >= 4 is 12.1 Å². The Morgan fingerprint density at radius 3 is 2.26 bits per heavy atom. The van der Waals surface area contributed by atoms with Gasteiger partial charge in [0.05, 0.1) is 23.6 Å². The molecule has 1 saturated heterocycles. The Morgan fingerprint density at radius 1 is 1.23 bits per heavy atom. The van der Waals surface area contributed by atoms with Gasteiger partial charge in [0.15, 0.2) is 0 Å². The molecule has 3 N–H and O–H groups in total. The summed E-state index contributed by atoms with van der Waals surface area (Å²) in [5.74, 6) is -1.86. The molecule has 31 heavy (non-hydrogen) atoms. The van der Waals surface area contributed by atoms with E-state index in [9.17, 15) is 23.1 Å². The number of hydrogen-bond donors (Lipinski definition) is 3. The highest BCUT2D eigenvalue weighted by Gasteiger charge is 2.57. The van der Waals surface area contributed by atoms with Gasteiger partial charge in [-0.25, -0.2) is 9.59 Å². The SMILES string of the molecule is Cc1nn(C)cc1-c1ccc(CN(C(=O)O)[C@H]2[C@@H]3CNC[C@@H]32)nn1.O=C(O)C(F)(F)F. The number of nitrogens with one attached hydrogen (secondary N) is 1. The van der Waals surface area contributed by atoms with Crippen LogP contribution >= 0.6 is 0 Å². The van der Waals surface area contributed by atoms with Crippen molar-refractivity contribution in [3.05, 3.63) is 29.7 Å². The van der Waals surface area contributed by atoms with Crippen LogP contribution in [0.25, 0.3) is 11.3 Å². The van der Waals surface area contributed by atoms with Gasteiger partial charge in [-0.3, -0.25) is 9.58 Å². The maximum absolute atomic E-state index is 11.6. The minimum atomic E-state index is -5.08. The summed E-state index contributed by atoms with van der Waals surface area (Å²) in [4.78, 5) is 22.0. The molecular weight excluding hydrogens is 421 g/mol. The van der Waals surface area contributed by atoms with Crippen LogP contribution in [0.1, 0.15) is 11.4 Å². The molecule has 2 fully saturated rings. The van der Waals surface area contributed by atoms with Crippen LogP contribution in [0.4, 0.5) is 18.0 Å². The predicted molar refractivity (Wildman–Crippen MR) is 99.9 cm³/mol. The molecule has 1 aliphatic carbocycles. The maximum atomic E-state index is 11.6. The lowest BCUT2D eigenvalue weighted by molar-refractivity contribution is -0.192. The molecular formula is C18H21F3N6O4. The van der Waals surface area contributed by atoms with Crippen molar-refractivity contribution in [2.24, 2.45) is 18.9 Å². The van der Waals surface area contributed by atoms with Gasteiger partial charge in [0.1, 0.15) is 0 Å². The third-order valence-corrected chi connectivity index (χ3v) is 5.24. The fourth-order valence-electron chi connectivity index (χ4n) is 3.76. The summed E-state index contributed by atoms with van der Waals surface area (Å²) in [6.45, 7) is 4.03. The number of fused-ring (bicyclic) bond motifs is 1. The number of carboxylic acids is 1. The van der Waals surface area contributed by atoms with Gasteiger partial charge in [-0.1, -0.05) is 0 Å². The lowest BCUT2D eigenvalue weighted by atomic mass is 10.2. The molecule has 2 aromatic rings. The van der Waals surface area contributed by atoms with E-state index in [2.05, 4.69) is 20.6 Å². The van der Waals surface area contributed by atoms with Crippen molar-refractivity contribution in [2.45, 2.75) is 25.7 Å². The third kappa shape index (κ3) is 5.10. The van der Waals surface area contributed by atoms with Gasteiger partial charge >= 0.3 is 18.2 Å². The summed E-state index contributed by atoms with van der Waals surface area (Å²) in [5.41, 5.74) is 3.25. The van der Waals surface area contributed by atoms with Gasteiger partial charge in [-0.15, -0.1) is 0 Å². The second kappa shape index (κ2) is 8.49. The average molecular weight is 442 g/mol. The van der Waals surface area contributed by atoms with E-state index in [0.717, 1.165) is 30.0 Å². The average Bonchev–Trinajstić information content (AvgIpc) is 2.99. The summed E-state index contributed by atoms with van der Waals surface area (Å²) in [7, 11) is 1.87. The molecule has 3 heterocycles. The van der Waals surface area contributed by atoms with Crippen molar-refractivity contribution < 1.29 is 33.0 Å². The zero-order valence-corrected chi connectivity index (χ0v) is 16.7. The number of carbonyl (C=O) groups is 2. The summed E-state index contributed by atoms with van der Waals surface area (Å²) in [6, 6.07) is 3.84. The number of rotatable bonds is 4. The molecule has 0 spiro atoms. The summed E-state index contributed by atoms with van der Waals surface area (Å²) >= 11 is 0. The normalized spacial score (nSPS) is 21.6. The van der Waals surface area contributed by atoms with E-state index < -0.39 is 18.2 Å². The first-order chi connectivity index (χ1) is 14.5. The van der Waals surface area contributed by atoms with E-state index in [4.69, 9.17) is 9.90 Å². The molecule has 0 unspecified atom stereocenters. The zero-order chi connectivity index (χ0) is 22.9. The highest BCUT2D eigenvalue weighted by atomic mass is 19.4. The number of nitrogens with zero attached hydrogens (tertiary/aromatic N) is 5. The standard InChI is InChI=1S/C16H20N6O2.C2HF3O2/c1-9-13(8-21(2)20-9)14-4-3-10(18-19-14)7-22(16(23)24)15-11-5-17-6-12(11)15;3-2(4,5)1(6)7/h3-4,8,11-12,15,17H,5-7H2,1-2H3,(H,23,24);(H,6,7)/t11-,12+,15+;. The number of aliphatic carboxylic acids is 1. The molecule has 4 rings (SSSR count). The van der Waals surface area contributed by atoms with Crippen LogP contribution < -0.4 is 5.32 Å². The number of aromatic nitrogens is 4. The number of amides is 1. The molecule has 0 radical (unpaired) electrons. The number of aryl methyl sites for hydroxylation is 2. The van der Waals surface area contributed by atoms with Crippen LogP contribution in [-0.2, 0) is 18.4 Å². The van der Waals surface area contributed by atoms with E-state index >= 15 is 0 Å². The first kappa shape index (κ1) is 22.5. The molecule has 0 bridgehead atoms. The van der Waals surface area contributed by atoms with Gasteiger partial charge in [-0.2, -0.15) is 28.5 Å². The fourth-order valence-corrected chi connectivity index (χ4v) is 3.76. The molecule has 3 atom stereocenters. The molecule has 168 valence electrons. The fraction of sp³-hybridized carbons (Fsp3) is 0.500.